The molecule has 0 aliphatic carbocycles. The standard InChI is InChI=1S/C31H29F3N6O7S2/c1-4-45-22-13-9-21(10-14-22)40-29(42)25(17-27(41)35-20-7-11-23(12-8-20)46-31(32,33)34)39(30(40)48)18-26-28(47-37-38(26)3)36-49(43,44)24-15-5-19(2)6-16-24/h5-16,25H,4,17-18H2,1-3H3,(H,35,41)/b36-28-. The molecule has 4 aromatic rings. The van der Waals surface area contributed by atoms with Crippen LogP contribution >= 0.6 is 12.2 Å². The van der Waals surface area contributed by atoms with Gasteiger partial charge in [0.2, 0.25) is 5.91 Å². The minimum absolute atomic E-state index is 0.00541. The van der Waals surface area contributed by atoms with Crippen LogP contribution in [0.5, 0.6) is 11.5 Å². The van der Waals surface area contributed by atoms with E-state index >= 15 is 0 Å². The first kappa shape index (κ1) is 35.1. The Kier molecular flexibility index (Phi) is 10.1. The van der Waals surface area contributed by atoms with Crippen molar-refractivity contribution < 1.29 is 49.9 Å². The van der Waals surface area contributed by atoms with Crippen LogP contribution in [-0.4, -0.2) is 49.3 Å². The van der Waals surface area contributed by atoms with Crippen LogP contribution in [0.2, 0.25) is 0 Å². The number of nitrogens with one attached hydrogen (secondary N) is 1. The van der Waals surface area contributed by atoms with Gasteiger partial charge in [-0.2, -0.15) is 8.42 Å². The number of sulfonamides is 1. The van der Waals surface area contributed by atoms with Crippen molar-refractivity contribution >= 4 is 50.5 Å². The molecular weight excluding hydrogens is 690 g/mol. The zero-order chi connectivity index (χ0) is 35.5. The van der Waals surface area contributed by atoms with E-state index in [0.717, 1.165) is 17.7 Å². The molecule has 5 rings (SSSR count). The Morgan fingerprint density at radius 1 is 1.06 bits per heavy atom. The molecule has 1 aliphatic rings. The SMILES string of the molecule is CCOc1ccc(N2C(=O)C(CC(=O)Nc3ccc(OC(F)(F)F)cc3)N(Cc3/c(=N/S(=O)(=O)c4ccc(C)cc4)o[n-][n+]3C)C2=S)cc1. The maximum atomic E-state index is 13.9. The molecule has 1 aromatic heterocycles. The minimum Gasteiger partial charge on any atom is -0.494 e. The van der Waals surface area contributed by atoms with E-state index in [1.807, 2.05) is 6.92 Å². The van der Waals surface area contributed by atoms with Gasteiger partial charge in [0.1, 0.15) is 31.1 Å². The van der Waals surface area contributed by atoms with Gasteiger partial charge in [-0.05, 0) is 86.7 Å². The summed E-state index contributed by atoms with van der Waals surface area (Å²) in [4.78, 5) is 29.7. The fourth-order valence-electron chi connectivity index (χ4n) is 4.85. The van der Waals surface area contributed by atoms with Crippen molar-refractivity contribution in [1.82, 2.24) is 10.2 Å². The Bertz CT molecular complexity index is 2030. The Hall–Kier alpha value is -5.23. The van der Waals surface area contributed by atoms with E-state index in [2.05, 4.69) is 19.7 Å². The number of anilines is 2. The van der Waals surface area contributed by atoms with Crippen molar-refractivity contribution in [2.45, 2.75) is 44.1 Å². The summed E-state index contributed by atoms with van der Waals surface area (Å²) in [6, 6.07) is 15.9. The van der Waals surface area contributed by atoms with Crippen LogP contribution in [0.1, 0.15) is 24.6 Å². The van der Waals surface area contributed by atoms with E-state index in [4.69, 9.17) is 21.5 Å². The van der Waals surface area contributed by atoms with Crippen molar-refractivity contribution in [2.75, 3.05) is 16.8 Å². The van der Waals surface area contributed by atoms with Gasteiger partial charge in [0.15, 0.2) is 5.11 Å². The maximum Gasteiger partial charge on any atom is 0.573 e. The van der Waals surface area contributed by atoms with Gasteiger partial charge in [0.25, 0.3) is 27.2 Å². The number of aryl methyl sites for hydroxylation is 2. The quantitative estimate of drug-likeness (QED) is 0.181. The summed E-state index contributed by atoms with van der Waals surface area (Å²) in [6.45, 7) is 3.80. The highest BCUT2D eigenvalue weighted by Gasteiger charge is 2.45. The first-order chi connectivity index (χ1) is 23.1. The monoisotopic (exact) mass is 718 g/mol. The Balaban J connectivity index is 1.45. The molecule has 1 aliphatic heterocycles. The van der Waals surface area contributed by atoms with Crippen LogP contribution in [0.15, 0.2) is 86.6 Å². The van der Waals surface area contributed by atoms with Crippen molar-refractivity contribution in [3.8, 4) is 11.5 Å². The molecule has 0 spiro atoms. The molecular formula is C31H29F3N6O7S2. The number of alkyl halides is 3. The van der Waals surface area contributed by atoms with Crippen LogP contribution in [0.25, 0.3) is 0 Å². The van der Waals surface area contributed by atoms with Crippen LogP contribution < -0.4 is 35.2 Å². The molecule has 1 atom stereocenters. The van der Waals surface area contributed by atoms with Crippen LogP contribution in [-0.2, 0) is 33.2 Å². The molecule has 13 nitrogen and oxygen atoms in total. The van der Waals surface area contributed by atoms with Crippen molar-refractivity contribution in [2.24, 2.45) is 11.4 Å². The highest BCUT2D eigenvalue weighted by atomic mass is 32.2. The summed E-state index contributed by atoms with van der Waals surface area (Å²) in [7, 11) is -2.76. The lowest BCUT2D eigenvalue weighted by Gasteiger charge is -2.22. The predicted molar refractivity (Wildman–Crippen MR) is 171 cm³/mol. The summed E-state index contributed by atoms with van der Waals surface area (Å²) in [5.74, 6) is -1.15. The van der Waals surface area contributed by atoms with E-state index in [1.54, 1.807) is 43.3 Å². The number of halogens is 3. The highest BCUT2D eigenvalue weighted by molar-refractivity contribution is 7.90. The van der Waals surface area contributed by atoms with E-state index < -0.39 is 46.4 Å². The normalized spacial score (nSPS) is 15.6. The Morgan fingerprint density at radius 3 is 2.31 bits per heavy atom. The molecule has 3 aromatic carbocycles. The number of thiocarbonyl (C=S) groups is 1. The second-order valence-corrected chi connectivity index (χ2v) is 12.6. The third kappa shape index (κ3) is 8.26. The molecule has 1 unspecified atom stereocenters. The molecule has 1 saturated heterocycles. The second kappa shape index (κ2) is 14.1. The number of carbonyl (C=O) groups excluding carboxylic acids is 2. The number of aromatic nitrogens is 2. The third-order valence-electron chi connectivity index (χ3n) is 7.20. The van der Waals surface area contributed by atoms with E-state index in [9.17, 15) is 31.2 Å². The smallest absolute Gasteiger partial charge is 0.494 e. The van der Waals surface area contributed by atoms with Gasteiger partial charge < -0.3 is 24.2 Å². The lowest BCUT2D eigenvalue weighted by molar-refractivity contribution is -0.752. The van der Waals surface area contributed by atoms with E-state index in [-0.39, 0.29) is 33.5 Å². The van der Waals surface area contributed by atoms with Crippen LogP contribution in [0.3, 0.4) is 0 Å². The molecule has 0 radical (unpaired) electrons. The summed E-state index contributed by atoms with van der Waals surface area (Å²) >= 11 is 5.73. The van der Waals surface area contributed by atoms with E-state index in [1.165, 1.54) is 45.8 Å². The zero-order valence-corrected chi connectivity index (χ0v) is 27.8. The number of nitrogens with zero attached hydrogens (tertiary/aromatic N) is 5. The van der Waals surface area contributed by atoms with Gasteiger partial charge in [-0.1, -0.05) is 17.7 Å². The predicted octanol–water partition coefficient (Wildman–Crippen LogP) is 3.49. The molecule has 18 heteroatoms. The van der Waals surface area contributed by atoms with Crippen molar-refractivity contribution in [3.05, 3.63) is 89.6 Å². The molecule has 2 amide bonds. The number of amides is 2. The summed E-state index contributed by atoms with van der Waals surface area (Å²) in [5.41, 5.74) is 1.15. The lowest BCUT2D eigenvalue weighted by Crippen LogP contribution is -2.45. The number of carbonyl (C=O) groups is 2. The molecule has 258 valence electrons. The number of hydrogen-bond acceptors (Lipinski definition) is 8. The van der Waals surface area contributed by atoms with Gasteiger partial charge in [-0.15, -0.1) is 17.6 Å². The third-order valence-corrected chi connectivity index (χ3v) is 8.90. The van der Waals surface area contributed by atoms with E-state index in [0.29, 0.717) is 18.0 Å². The fourth-order valence-corrected chi connectivity index (χ4v) is 6.18. The summed E-state index contributed by atoms with van der Waals surface area (Å²) in [6.07, 6.45) is -5.33. The van der Waals surface area contributed by atoms with Gasteiger partial charge >= 0.3 is 6.36 Å². The summed E-state index contributed by atoms with van der Waals surface area (Å²) in [5, 5.41) is 6.36. The minimum atomic E-state index is -4.89. The fraction of sp³-hybridized carbons (Fsp3) is 0.258. The maximum absolute atomic E-state index is 13.9. The van der Waals surface area contributed by atoms with Gasteiger partial charge in [-0.3, -0.25) is 19.8 Å². The van der Waals surface area contributed by atoms with Crippen molar-refractivity contribution in [3.63, 3.8) is 0 Å². The van der Waals surface area contributed by atoms with Crippen molar-refractivity contribution in [1.29, 1.82) is 0 Å². The first-order valence-corrected chi connectivity index (χ1v) is 16.4. The number of benzene rings is 3. The largest absolute Gasteiger partial charge is 0.573 e. The van der Waals surface area contributed by atoms with Crippen LogP contribution in [0.4, 0.5) is 24.5 Å². The molecule has 49 heavy (non-hydrogen) atoms. The number of hydrogen-bond donors (Lipinski definition) is 1. The Labute approximate surface area is 283 Å². The first-order valence-electron chi connectivity index (χ1n) is 14.6. The topological polar surface area (TPSA) is 149 Å². The van der Waals surface area contributed by atoms with Crippen LogP contribution in [0, 0.1) is 6.92 Å². The highest BCUT2D eigenvalue weighted by Crippen LogP contribution is 2.30. The summed E-state index contributed by atoms with van der Waals surface area (Å²) < 4.78 is 83.6. The molecule has 0 saturated carbocycles. The Morgan fingerprint density at radius 2 is 1.69 bits per heavy atom. The average molecular weight is 719 g/mol. The average Bonchev–Trinajstić information content (AvgIpc) is 3.48. The van der Waals surface area contributed by atoms with Gasteiger partial charge in [0.05, 0.1) is 23.6 Å². The lowest BCUT2D eigenvalue weighted by atomic mass is 10.1. The second-order valence-electron chi connectivity index (χ2n) is 10.7. The van der Waals surface area contributed by atoms with Gasteiger partial charge in [0, 0.05) is 5.69 Å². The molecule has 0 bridgehead atoms. The van der Waals surface area contributed by atoms with Gasteiger partial charge in [-0.25, -0.2) is 4.68 Å². The molecule has 1 N–H and O–H groups in total. The molecule has 2 heterocycles. The zero-order valence-electron chi connectivity index (χ0n) is 26.2. The molecule has 1 fully saturated rings. The number of rotatable bonds is 11. The number of ether oxygens (including phenoxy) is 2.